The molecule has 1 atom stereocenters. The van der Waals surface area contributed by atoms with Gasteiger partial charge in [-0.15, -0.1) is 0 Å². The maximum absolute atomic E-state index is 12.9. The molecule has 2 aromatic rings. The molecule has 0 spiro atoms. The molecule has 100 valence electrons. The van der Waals surface area contributed by atoms with Crippen LogP contribution in [0.5, 0.6) is 0 Å². The zero-order valence-electron chi connectivity index (χ0n) is 10.6. The molecule has 1 aromatic carbocycles. The monoisotopic (exact) mass is 263 g/mol. The fraction of sp³-hybridized carbons (Fsp3) is 0.231. The lowest BCUT2D eigenvalue weighted by Gasteiger charge is -2.15. The van der Waals surface area contributed by atoms with Gasteiger partial charge in [0.15, 0.2) is 0 Å². The van der Waals surface area contributed by atoms with E-state index < -0.39 is 11.7 Å². The van der Waals surface area contributed by atoms with Crippen molar-refractivity contribution in [2.75, 3.05) is 5.73 Å². The standard InChI is InChI=1S/C13H14FN3O2/c1-7(18)10-11(15)13(19)17(2)16-12(10)8-3-5-9(14)6-4-8/h3-7,18H,15H2,1-2H3. The van der Waals surface area contributed by atoms with E-state index in [-0.39, 0.29) is 17.1 Å². The van der Waals surface area contributed by atoms with E-state index in [1.807, 2.05) is 0 Å². The third kappa shape index (κ3) is 2.34. The highest BCUT2D eigenvalue weighted by Gasteiger charge is 2.19. The number of nitrogen functional groups attached to an aromatic ring is 1. The number of aromatic nitrogens is 2. The summed E-state index contributed by atoms with van der Waals surface area (Å²) < 4.78 is 14.0. The predicted molar refractivity (Wildman–Crippen MR) is 69.9 cm³/mol. The zero-order valence-corrected chi connectivity index (χ0v) is 10.6. The van der Waals surface area contributed by atoms with Gasteiger partial charge in [-0.05, 0) is 31.2 Å². The van der Waals surface area contributed by atoms with Gasteiger partial charge in [-0.25, -0.2) is 9.07 Å². The normalized spacial score (nSPS) is 12.4. The predicted octanol–water partition coefficient (Wildman–Crippen LogP) is 1.22. The van der Waals surface area contributed by atoms with E-state index in [0.29, 0.717) is 11.3 Å². The first-order chi connectivity index (χ1) is 8.91. The molecule has 0 fully saturated rings. The molecule has 0 radical (unpaired) electrons. The van der Waals surface area contributed by atoms with Gasteiger partial charge in [-0.2, -0.15) is 5.10 Å². The second-order valence-corrected chi connectivity index (χ2v) is 4.29. The molecule has 0 aliphatic carbocycles. The molecule has 0 aliphatic rings. The Labute approximate surface area is 109 Å². The highest BCUT2D eigenvalue weighted by Crippen LogP contribution is 2.28. The van der Waals surface area contributed by atoms with Crippen LogP contribution in [-0.2, 0) is 7.05 Å². The first-order valence-electron chi connectivity index (χ1n) is 5.72. The van der Waals surface area contributed by atoms with Crippen molar-refractivity contribution in [3.8, 4) is 11.3 Å². The minimum Gasteiger partial charge on any atom is -0.394 e. The first-order valence-corrected chi connectivity index (χ1v) is 5.72. The number of hydrogen-bond donors (Lipinski definition) is 2. The maximum atomic E-state index is 12.9. The molecule has 1 aromatic heterocycles. The number of nitrogens with zero attached hydrogens (tertiary/aromatic N) is 2. The van der Waals surface area contributed by atoms with Crippen LogP contribution in [0.2, 0.25) is 0 Å². The van der Waals surface area contributed by atoms with Crippen LogP contribution in [0.3, 0.4) is 0 Å². The molecule has 0 bridgehead atoms. The van der Waals surface area contributed by atoms with Crippen molar-refractivity contribution in [1.29, 1.82) is 0 Å². The summed E-state index contributed by atoms with van der Waals surface area (Å²) in [5, 5.41) is 13.9. The third-order valence-corrected chi connectivity index (χ3v) is 2.86. The number of aliphatic hydroxyl groups is 1. The van der Waals surface area contributed by atoms with Crippen LogP contribution in [0, 0.1) is 5.82 Å². The van der Waals surface area contributed by atoms with E-state index >= 15 is 0 Å². The summed E-state index contributed by atoms with van der Waals surface area (Å²) in [6.45, 7) is 1.50. The van der Waals surface area contributed by atoms with Crippen molar-refractivity contribution < 1.29 is 9.50 Å². The van der Waals surface area contributed by atoms with Gasteiger partial charge in [0.05, 0.1) is 11.8 Å². The molecule has 0 saturated heterocycles. The van der Waals surface area contributed by atoms with Crippen LogP contribution in [-0.4, -0.2) is 14.9 Å². The van der Waals surface area contributed by atoms with Crippen LogP contribution < -0.4 is 11.3 Å². The third-order valence-electron chi connectivity index (χ3n) is 2.86. The number of halogens is 1. The van der Waals surface area contributed by atoms with Crippen LogP contribution in [0.1, 0.15) is 18.6 Å². The molecule has 0 aliphatic heterocycles. The Morgan fingerprint density at radius 2 is 1.95 bits per heavy atom. The number of nitrogens with two attached hydrogens (primary N) is 1. The number of benzene rings is 1. The summed E-state index contributed by atoms with van der Waals surface area (Å²) in [6, 6.07) is 5.61. The molecule has 3 N–H and O–H groups in total. The van der Waals surface area contributed by atoms with Gasteiger partial charge in [0.1, 0.15) is 11.5 Å². The molecular formula is C13H14FN3O2. The second-order valence-electron chi connectivity index (χ2n) is 4.29. The summed E-state index contributed by atoms with van der Waals surface area (Å²) in [7, 11) is 1.47. The fourth-order valence-corrected chi connectivity index (χ4v) is 1.91. The van der Waals surface area contributed by atoms with E-state index in [9.17, 15) is 14.3 Å². The Balaban J connectivity index is 2.75. The van der Waals surface area contributed by atoms with Gasteiger partial charge < -0.3 is 10.8 Å². The van der Waals surface area contributed by atoms with Gasteiger partial charge in [-0.3, -0.25) is 4.79 Å². The quantitative estimate of drug-likeness (QED) is 0.853. The van der Waals surface area contributed by atoms with E-state index in [2.05, 4.69) is 5.10 Å². The second kappa shape index (κ2) is 4.81. The summed E-state index contributed by atoms with van der Waals surface area (Å²) in [5.74, 6) is -0.375. The average Bonchev–Trinajstić information content (AvgIpc) is 2.36. The number of aliphatic hydroxyl groups excluding tert-OH is 1. The Kier molecular flexibility index (Phi) is 3.35. The van der Waals surface area contributed by atoms with E-state index in [0.717, 1.165) is 4.68 Å². The van der Waals surface area contributed by atoms with Crippen LogP contribution in [0.25, 0.3) is 11.3 Å². The minimum absolute atomic E-state index is 0.0492. The highest BCUT2D eigenvalue weighted by atomic mass is 19.1. The Bertz CT molecular complexity index is 663. The van der Waals surface area contributed by atoms with Gasteiger partial charge in [0.2, 0.25) is 0 Å². The van der Waals surface area contributed by atoms with Crippen LogP contribution in [0.15, 0.2) is 29.1 Å². The Morgan fingerprint density at radius 3 is 2.47 bits per heavy atom. The first kappa shape index (κ1) is 13.2. The number of rotatable bonds is 2. The molecular weight excluding hydrogens is 249 g/mol. The lowest BCUT2D eigenvalue weighted by atomic mass is 10.0. The zero-order chi connectivity index (χ0) is 14.2. The number of anilines is 1. The smallest absolute Gasteiger partial charge is 0.290 e. The van der Waals surface area contributed by atoms with Crippen molar-refractivity contribution in [2.24, 2.45) is 7.05 Å². The molecule has 0 saturated carbocycles. The maximum Gasteiger partial charge on any atom is 0.290 e. The molecule has 19 heavy (non-hydrogen) atoms. The highest BCUT2D eigenvalue weighted by molar-refractivity contribution is 5.68. The minimum atomic E-state index is -0.943. The summed E-state index contributed by atoms with van der Waals surface area (Å²) in [5.41, 5.74) is 6.44. The van der Waals surface area contributed by atoms with Crippen molar-refractivity contribution in [3.63, 3.8) is 0 Å². The number of hydrogen-bond acceptors (Lipinski definition) is 4. The number of aryl methyl sites for hydroxylation is 1. The van der Waals surface area contributed by atoms with Crippen molar-refractivity contribution in [2.45, 2.75) is 13.0 Å². The van der Waals surface area contributed by atoms with E-state index in [1.165, 1.54) is 38.2 Å². The van der Waals surface area contributed by atoms with Crippen molar-refractivity contribution >= 4 is 5.69 Å². The fourth-order valence-electron chi connectivity index (χ4n) is 1.91. The molecule has 1 unspecified atom stereocenters. The largest absolute Gasteiger partial charge is 0.394 e. The van der Waals surface area contributed by atoms with Crippen LogP contribution >= 0.6 is 0 Å². The van der Waals surface area contributed by atoms with Crippen molar-refractivity contribution in [1.82, 2.24) is 9.78 Å². The SMILES string of the molecule is CC(O)c1c(-c2ccc(F)cc2)nn(C)c(=O)c1N. The Hall–Kier alpha value is -2.21. The molecule has 1 heterocycles. The molecule has 2 rings (SSSR count). The van der Waals surface area contributed by atoms with Gasteiger partial charge in [0, 0.05) is 18.2 Å². The van der Waals surface area contributed by atoms with Gasteiger partial charge in [-0.1, -0.05) is 0 Å². The lowest BCUT2D eigenvalue weighted by molar-refractivity contribution is 0.199. The van der Waals surface area contributed by atoms with Crippen molar-refractivity contribution in [3.05, 3.63) is 46.0 Å². The summed E-state index contributed by atoms with van der Waals surface area (Å²) >= 11 is 0. The van der Waals surface area contributed by atoms with E-state index in [4.69, 9.17) is 5.73 Å². The lowest BCUT2D eigenvalue weighted by Crippen LogP contribution is -2.26. The summed E-state index contributed by atoms with van der Waals surface area (Å²) in [6.07, 6.45) is -0.943. The molecule has 5 nitrogen and oxygen atoms in total. The Morgan fingerprint density at radius 1 is 1.37 bits per heavy atom. The van der Waals surface area contributed by atoms with Gasteiger partial charge >= 0.3 is 0 Å². The summed E-state index contributed by atoms with van der Waals surface area (Å²) in [4.78, 5) is 11.7. The van der Waals surface area contributed by atoms with Gasteiger partial charge in [0.25, 0.3) is 5.56 Å². The van der Waals surface area contributed by atoms with E-state index in [1.54, 1.807) is 0 Å². The average molecular weight is 263 g/mol. The topological polar surface area (TPSA) is 81.1 Å². The molecule has 6 heteroatoms. The van der Waals surface area contributed by atoms with Crippen LogP contribution in [0.4, 0.5) is 10.1 Å². The molecule has 0 amide bonds.